The van der Waals surface area contributed by atoms with Gasteiger partial charge in [0, 0.05) is 19.0 Å². The molecule has 0 bridgehead atoms. The van der Waals surface area contributed by atoms with E-state index >= 15 is 0 Å². The molecule has 0 spiro atoms. The Hall–Kier alpha value is -0.570. The molecule has 3 nitrogen and oxygen atoms in total. The minimum absolute atomic E-state index is 0.127. The van der Waals surface area contributed by atoms with Crippen molar-refractivity contribution in [1.29, 1.82) is 0 Å². The molecule has 0 radical (unpaired) electrons. The summed E-state index contributed by atoms with van der Waals surface area (Å²) >= 11 is 0. The van der Waals surface area contributed by atoms with Crippen LogP contribution in [0.2, 0.25) is 0 Å². The van der Waals surface area contributed by atoms with Crippen molar-refractivity contribution in [3.8, 4) is 0 Å². The number of rotatable bonds is 4. The van der Waals surface area contributed by atoms with Gasteiger partial charge in [0.2, 0.25) is 5.91 Å². The maximum Gasteiger partial charge on any atom is 0.223 e. The Bertz CT molecular complexity index is 297. The van der Waals surface area contributed by atoms with Crippen molar-refractivity contribution < 1.29 is 4.79 Å². The second-order valence-electron chi connectivity index (χ2n) is 6.64. The van der Waals surface area contributed by atoms with Gasteiger partial charge in [-0.05, 0) is 45.4 Å². The summed E-state index contributed by atoms with van der Waals surface area (Å²) in [7, 11) is 0. The summed E-state index contributed by atoms with van der Waals surface area (Å²) in [4.78, 5) is 14.3. The van der Waals surface area contributed by atoms with Gasteiger partial charge in [0.15, 0.2) is 0 Å². The molecule has 1 atom stereocenters. The molecule has 0 aromatic heterocycles. The summed E-state index contributed by atoms with van der Waals surface area (Å²) in [5.74, 6) is 1.23. The SMILES string of the molecule is CC1(C)C(N)CCCN1C(=O)CCCC1CCC1. The number of amides is 1. The van der Waals surface area contributed by atoms with Crippen LogP contribution in [0.25, 0.3) is 0 Å². The van der Waals surface area contributed by atoms with Crippen LogP contribution in [0, 0.1) is 5.92 Å². The van der Waals surface area contributed by atoms with E-state index in [1.165, 1.54) is 25.7 Å². The van der Waals surface area contributed by atoms with Crippen LogP contribution in [0.1, 0.15) is 65.2 Å². The van der Waals surface area contributed by atoms with Gasteiger partial charge in [-0.2, -0.15) is 0 Å². The van der Waals surface area contributed by atoms with Gasteiger partial charge >= 0.3 is 0 Å². The molecule has 1 saturated heterocycles. The molecule has 1 saturated carbocycles. The normalized spacial score (nSPS) is 27.9. The largest absolute Gasteiger partial charge is 0.336 e. The molecule has 1 unspecified atom stereocenters. The molecule has 2 N–H and O–H groups in total. The van der Waals surface area contributed by atoms with Crippen molar-refractivity contribution in [3.63, 3.8) is 0 Å². The fraction of sp³-hybridized carbons (Fsp3) is 0.933. The summed E-state index contributed by atoms with van der Waals surface area (Å²) in [5, 5.41) is 0. The first-order valence-electron chi connectivity index (χ1n) is 7.58. The first kappa shape index (κ1) is 13.9. The number of nitrogens with two attached hydrogens (primary N) is 1. The quantitative estimate of drug-likeness (QED) is 0.836. The van der Waals surface area contributed by atoms with Crippen molar-refractivity contribution in [3.05, 3.63) is 0 Å². The lowest BCUT2D eigenvalue weighted by atomic mass is 9.81. The minimum atomic E-state index is -0.161. The zero-order chi connectivity index (χ0) is 13.2. The molecular formula is C15H28N2O. The minimum Gasteiger partial charge on any atom is -0.336 e. The molecule has 2 rings (SSSR count). The van der Waals surface area contributed by atoms with Gasteiger partial charge in [-0.3, -0.25) is 4.79 Å². The maximum absolute atomic E-state index is 12.3. The number of carbonyl (C=O) groups excluding carboxylic acids is 1. The average Bonchev–Trinajstić information content (AvgIpc) is 2.25. The standard InChI is InChI=1S/C15H28N2O/c1-15(2)13(16)9-5-11-17(15)14(18)10-4-8-12-6-3-7-12/h12-13H,3-11,16H2,1-2H3. The van der Waals surface area contributed by atoms with E-state index in [1.54, 1.807) is 0 Å². The molecule has 1 amide bonds. The number of likely N-dealkylation sites (tertiary alicyclic amines) is 1. The van der Waals surface area contributed by atoms with Crippen molar-refractivity contribution in [2.45, 2.75) is 76.8 Å². The molecule has 104 valence electrons. The molecule has 18 heavy (non-hydrogen) atoms. The summed E-state index contributed by atoms with van der Waals surface area (Å²) in [6.45, 7) is 5.12. The highest BCUT2D eigenvalue weighted by Crippen LogP contribution is 2.32. The smallest absolute Gasteiger partial charge is 0.223 e. The first-order valence-corrected chi connectivity index (χ1v) is 7.58. The lowest BCUT2D eigenvalue weighted by Crippen LogP contribution is -2.61. The lowest BCUT2D eigenvalue weighted by molar-refractivity contribution is -0.139. The number of carbonyl (C=O) groups is 1. The first-order chi connectivity index (χ1) is 8.51. The zero-order valence-electron chi connectivity index (χ0n) is 12.0. The Labute approximate surface area is 111 Å². The van der Waals surface area contributed by atoms with Crippen molar-refractivity contribution in [2.24, 2.45) is 11.7 Å². The van der Waals surface area contributed by atoms with E-state index in [0.29, 0.717) is 12.3 Å². The molecular weight excluding hydrogens is 224 g/mol. The van der Waals surface area contributed by atoms with E-state index < -0.39 is 0 Å². The van der Waals surface area contributed by atoms with Gasteiger partial charge in [0.25, 0.3) is 0 Å². The highest BCUT2D eigenvalue weighted by atomic mass is 16.2. The van der Waals surface area contributed by atoms with Crippen LogP contribution in [0.15, 0.2) is 0 Å². The zero-order valence-corrected chi connectivity index (χ0v) is 12.0. The Morgan fingerprint density at radius 2 is 2.00 bits per heavy atom. The van der Waals surface area contributed by atoms with Gasteiger partial charge in [-0.1, -0.05) is 19.3 Å². The monoisotopic (exact) mass is 252 g/mol. The summed E-state index contributed by atoms with van der Waals surface area (Å²) in [6.07, 6.45) is 9.27. The van der Waals surface area contributed by atoms with Crippen LogP contribution in [0.3, 0.4) is 0 Å². The Morgan fingerprint density at radius 3 is 2.61 bits per heavy atom. The van der Waals surface area contributed by atoms with Gasteiger partial charge < -0.3 is 10.6 Å². The highest BCUT2D eigenvalue weighted by molar-refractivity contribution is 5.77. The van der Waals surface area contributed by atoms with Crippen LogP contribution < -0.4 is 5.73 Å². The summed E-state index contributed by atoms with van der Waals surface area (Å²) in [6, 6.07) is 0.127. The topological polar surface area (TPSA) is 46.3 Å². The van der Waals surface area contributed by atoms with Gasteiger partial charge in [-0.25, -0.2) is 0 Å². The van der Waals surface area contributed by atoms with E-state index in [2.05, 4.69) is 13.8 Å². The fourth-order valence-electron chi connectivity index (χ4n) is 3.22. The van der Waals surface area contributed by atoms with Crippen LogP contribution in [-0.4, -0.2) is 28.9 Å². The predicted octanol–water partition coefficient (Wildman–Crippen LogP) is 2.69. The third-order valence-corrected chi connectivity index (χ3v) is 5.03. The van der Waals surface area contributed by atoms with E-state index in [1.807, 2.05) is 4.90 Å². The number of hydrogen-bond donors (Lipinski definition) is 1. The van der Waals surface area contributed by atoms with Crippen LogP contribution in [0.5, 0.6) is 0 Å². The van der Waals surface area contributed by atoms with Crippen molar-refractivity contribution >= 4 is 5.91 Å². The van der Waals surface area contributed by atoms with Gasteiger partial charge in [-0.15, -0.1) is 0 Å². The molecule has 1 heterocycles. The highest BCUT2D eigenvalue weighted by Gasteiger charge is 2.38. The average molecular weight is 252 g/mol. The third kappa shape index (κ3) is 2.87. The van der Waals surface area contributed by atoms with E-state index in [4.69, 9.17) is 5.73 Å². The summed E-state index contributed by atoms with van der Waals surface area (Å²) < 4.78 is 0. The maximum atomic E-state index is 12.3. The number of hydrogen-bond acceptors (Lipinski definition) is 2. The predicted molar refractivity (Wildman–Crippen MR) is 74.2 cm³/mol. The molecule has 2 fully saturated rings. The molecule has 1 aliphatic carbocycles. The van der Waals surface area contributed by atoms with Gasteiger partial charge in [0.05, 0.1) is 5.54 Å². The van der Waals surface area contributed by atoms with Crippen molar-refractivity contribution in [1.82, 2.24) is 4.90 Å². The second kappa shape index (κ2) is 5.60. The molecule has 1 aliphatic heterocycles. The summed E-state index contributed by atoms with van der Waals surface area (Å²) in [5.41, 5.74) is 5.99. The second-order valence-corrected chi connectivity index (χ2v) is 6.64. The van der Waals surface area contributed by atoms with E-state index in [9.17, 15) is 4.79 Å². The molecule has 3 heteroatoms. The number of nitrogens with zero attached hydrogens (tertiary/aromatic N) is 1. The van der Waals surface area contributed by atoms with E-state index in [0.717, 1.165) is 31.7 Å². The number of piperidine rings is 1. The third-order valence-electron chi connectivity index (χ3n) is 5.03. The fourth-order valence-corrected chi connectivity index (χ4v) is 3.22. The lowest BCUT2D eigenvalue weighted by Gasteiger charge is -2.46. The van der Waals surface area contributed by atoms with E-state index in [-0.39, 0.29) is 11.6 Å². The Balaban J connectivity index is 1.79. The molecule has 0 aromatic rings. The Kier molecular flexibility index (Phi) is 4.31. The van der Waals surface area contributed by atoms with Crippen LogP contribution in [-0.2, 0) is 4.79 Å². The van der Waals surface area contributed by atoms with Crippen molar-refractivity contribution in [2.75, 3.05) is 6.54 Å². The Morgan fingerprint density at radius 1 is 1.28 bits per heavy atom. The molecule has 0 aromatic carbocycles. The molecule has 2 aliphatic rings. The van der Waals surface area contributed by atoms with Crippen LogP contribution in [0.4, 0.5) is 0 Å². The van der Waals surface area contributed by atoms with Gasteiger partial charge in [0.1, 0.15) is 0 Å². The van der Waals surface area contributed by atoms with Crippen LogP contribution >= 0.6 is 0 Å².